The summed E-state index contributed by atoms with van der Waals surface area (Å²) in [6, 6.07) is 8.09. The predicted octanol–water partition coefficient (Wildman–Crippen LogP) is 7.71. The molecule has 0 aromatic heterocycles. The van der Waals surface area contributed by atoms with Crippen molar-refractivity contribution in [2.75, 3.05) is 0 Å². The summed E-state index contributed by atoms with van der Waals surface area (Å²) in [6.07, 6.45) is 7.72. The van der Waals surface area contributed by atoms with Gasteiger partial charge in [-0.25, -0.2) is 4.39 Å². The molecule has 0 aliphatic heterocycles. The Kier molecular flexibility index (Phi) is 5.46. The van der Waals surface area contributed by atoms with Gasteiger partial charge in [-0.3, -0.25) is 4.79 Å². The minimum absolute atomic E-state index is 0.207. The standard InChI is InChI=1S/C27H31FO/c1-5-7-18(6-2)9-11-21-23-14-12-19-16(3)8-10-22(19)25(23)26-24(21)15-13-20(17(4)29)27(26)28/h12-15,18,21H,3,5-11H2,1-2,4H3. The molecule has 0 spiro atoms. The lowest BCUT2D eigenvalue weighted by Crippen LogP contribution is -2.05. The number of Topliss-reactive ketones (excluding diaryl/α,β-unsaturated/α-hetero) is 1. The fraction of sp³-hybridized carbons (Fsp3) is 0.444. The molecule has 0 amide bonds. The van der Waals surface area contributed by atoms with Gasteiger partial charge in [0.1, 0.15) is 5.82 Å². The summed E-state index contributed by atoms with van der Waals surface area (Å²) in [5.74, 6) is 0.412. The number of hydrogen-bond acceptors (Lipinski definition) is 1. The number of halogens is 1. The normalized spacial score (nSPS) is 17.8. The first-order valence-corrected chi connectivity index (χ1v) is 11.1. The van der Waals surface area contributed by atoms with Crippen LogP contribution in [-0.4, -0.2) is 5.78 Å². The van der Waals surface area contributed by atoms with Crippen LogP contribution in [0.25, 0.3) is 16.7 Å². The number of ketones is 1. The molecule has 0 bridgehead atoms. The Labute approximate surface area is 174 Å². The second kappa shape index (κ2) is 7.89. The van der Waals surface area contributed by atoms with Gasteiger partial charge < -0.3 is 0 Å². The van der Waals surface area contributed by atoms with Crippen molar-refractivity contribution in [2.24, 2.45) is 5.92 Å². The lowest BCUT2D eigenvalue weighted by Gasteiger charge is -2.19. The van der Waals surface area contributed by atoms with E-state index >= 15 is 4.39 Å². The topological polar surface area (TPSA) is 17.1 Å². The Morgan fingerprint density at radius 3 is 2.52 bits per heavy atom. The first-order chi connectivity index (χ1) is 14.0. The first-order valence-electron chi connectivity index (χ1n) is 11.1. The van der Waals surface area contributed by atoms with Crippen LogP contribution in [0, 0.1) is 11.7 Å². The Hall–Kier alpha value is -2.22. The van der Waals surface area contributed by atoms with Crippen molar-refractivity contribution in [2.45, 2.75) is 71.6 Å². The van der Waals surface area contributed by atoms with Crippen LogP contribution in [0.3, 0.4) is 0 Å². The lowest BCUT2D eigenvalue weighted by molar-refractivity contribution is 0.101. The van der Waals surface area contributed by atoms with E-state index in [0.717, 1.165) is 48.3 Å². The van der Waals surface area contributed by atoms with Crippen molar-refractivity contribution in [3.8, 4) is 11.1 Å². The summed E-state index contributed by atoms with van der Waals surface area (Å²) in [4.78, 5) is 12.0. The van der Waals surface area contributed by atoms with E-state index in [1.54, 1.807) is 6.07 Å². The maximum absolute atomic E-state index is 15.6. The lowest BCUT2D eigenvalue weighted by atomic mass is 9.85. The predicted molar refractivity (Wildman–Crippen MR) is 119 cm³/mol. The van der Waals surface area contributed by atoms with Gasteiger partial charge in [-0.05, 0) is 78.0 Å². The summed E-state index contributed by atoms with van der Waals surface area (Å²) < 4.78 is 15.6. The van der Waals surface area contributed by atoms with E-state index in [0.29, 0.717) is 5.56 Å². The number of rotatable bonds is 7. The molecule has 0 saturated heterocycles. The highest BCUT2D eigenvalue weighted by Crippen LogP contribution is 2.53. The highest BCUT2D eigenvalue weighted by Gasteiger charge is 2.36. The third kappa shape index (κ3) is 3.27. The summed E-state index contributed by atoms with van der Waals surface area (Å²) in [7, 11) is 0. The zero-order valence-corrected chi connectivity index (χ0v) is 17.9. The number of carbonyl (C=O) groups excluding carboxylic acids is 1. The van der Waals surface area contributed by atoms with Crippen molar-refractivity contribution in [1.29, 1.82) is 0 Å². The van der Waals surface area contributed by atoms with Crippen LogP contribution in [0.5, 0.6) is 0 Å². The zero-order valence-electron chi connectivity index (χ0n) is 17.9. The van der Waals surface area contributed by atoms with E-state index in [2.05, 4.69) is 32.6 Å². The van der Waals surface area contributed by atoms with Crippen LogP contribution >= 0.6 is 0 Å². The van der Waals surface area contributed by atoms with Crippen LogP contribution in [0.2, 0.25) is 0 Å². The van der Waals surface area contributed by atoms with Crippen LogP contribution in [0.4, 0.5) is 4.39 Å². The van der Waals surface area contributed by atoms with E-state index in [4.69, 9.17) is 0 Å². The highest BCUT2D eigenvalue weighted by atomic mass is 19.1. The van der Waals surface area contributed by atoms with Crippen molar-refractivity contribution >= 4 is 11.4 Å². The molecule has 0 heterocycles. The Morgan fingerprint density at radius 2 is 1.83 bits per heavy atom. The van der Waals surface area contributed by atoms with Crippen LogP contribution in [-0.2, 0) is 6.42 Å². The molecule has 0 N–H and O–H groups in total. The average molecular weight is 391 g/mol. The Bertz CT molecular complexity index is 985. The van der Waals surface area contributed by atoms with E-state index in [9.17, 15) is 4.79 Å². The largest absolute Gasteiger partial charge is 0.294 e. The Balaban J connectivity index is 1.84. The second-order valence-corrected chi connectivity index (χ2v) is 8.80. The van der Waals surface area contributed by atoms with E-state index < -0.39 is 0 Å². The molecule has 152 valence electrons. The molecule has 2 aromatic rings. The molecule has 0 saturated carbocycles. The molecule has 1 nitrogen and oxygen atoms in total. The minimum Gasteiger partial charge on any atom is -0.294 e. The van der Waals surface area contributed by atoms with Crippen molar-refractivity contribution in [1.82, 2.24) is 0 Å². The van der Waals surface area contributed by atoms with Gasteiger partial charge in [0.2, 0.25) is 0 Å². The monoisotopic (exact) mass is 390 g/mol. The number of allylic oxidation sites excluding steroid dienone is 1. The SMILES string of the molecule is C=C1CCc2c1ccc1c2-c2c(ccc(C(C)=O)c2F)C1CCC(CC)CCC. The fourth-order valence-electron chi connectivity index (χ4n) is 5.50. The average Bonchev–Trinajstić information content (AvgIpc) is 3.23. The molecule has 0 fully saturated rings. The molecule has 2 heteroatoms. The number of benzene rings is 2. The van der Waals surface area contributed by atoms with Crippen LogP contribution < -0.4 is 0 Å². The van der Waals surface area contributed by atoms with Gasteiger partial charge >= 0.3 is 0 Å². The molecule has 2 aliphatic rings. The number of hydrogen-bond donors (Lipinski definition) is 0. The van der Waals surface area contributed by atoms with Gasteiger partial charge in [-0.1, -0.05) is 57.9 Å². The first kappa shape index (κ1) is 20.1. The van der Waals surface area contributed by atoms with Gasteiger partial charge in [0.05, 0.1) is 5.56 Å². The van der Waals surface area contributed by atoms with Crippen molar-refractivity contribution in [3.63, 3.8) is 0 Å². The maximum atomic E-state index is 15.6. The van der Waals surface area contributed by atoms with Gasteiger partial charge in [-0.15, -0.1) is 0 Å². The molecular formula is C27H31FO. The molecule has 0 radical (unpaired) electrons. The van der Waals surface area contributed by atoms with Gasteiger partial charge in [0, 0.05) is 11.5 Å². The molecule has 2 atom stereocenters. The maximum Gasteiger partial charge on any atom is 0.162 e. The molecule has 4 rings (SSSR count). The van der Waals surface area contributed by atoms with E-state index in [-0.39, 0.29) is 23.1 Å². The third-order valence-electron chi connectivity index (χ3n) is 7.09. The molecule has 2 aromatic carbocycles. The Morgan fingerprint density at radius 1 is 1.10 bits per heavy atom. The highest BCUT2D eigenvalue weighted by molar-refractivity contribution is 5.98. The smallest absolute Gasteiger partial charge is 0.162 e. The quantitative estimate of drug-likeness (QED) is 0.443. The third-order valence-corrected chi connectivity index (χ3v) is 7.09. The molecule has 29 heavy (non-hydrogen) atoms. The van der Waals surface area contributed by atoms with Crippen LogP contribution in [0.15, 0.2) is 30.8 Å². The van der Waals surface area contributed by atoms with Crippen molar-refractivity contribution < 1.29 is 9.18 Å². The molecular weight excluding hydrogens is 359 g/mol. The summed E-state index contributed by atoms with van der Waals surface area (Å²) >= 11 is 0. The molecule has 2 aliphatic carbocycles. The molecule has 2 unspecified atom stereocenters. The fourth-order valence-corrected chi connectivity index (χ4v) is 5.50. The van der Waals surface area contributed by atoms with E-state index in [1.165, 1.54) is 42.9 Å². The second-order valence-electron chi connectivity index (χ2n) is 8.80. The number of fused-ring (bicyclic) bond motifs is 5. The van der Waals surface area contributed by atoms with Crippen molar-refractivity contribution in [3.05, 3.63) is 64.5 Å². The zero-order chi connectivity index (χ0) is 20.7. The van der Waals surface area contributed by atoms with Gasteiger partial charge in [0.15, 0.2) is 5.78 Å². The van der Waals surface area contributed by atoms with Crippen LogP contribution in [0.1, 0.15) is 97.8 Å². The summed E-state index contributed by atoms with van der Waals surface area (Å²) in [5, 5.41) is 0. The van der Waals surface area contributed by atoms with E-state index in [1.807, 2.05) is 6.07 Å². The minimum atomic E-state index is -0.328. The van der Waals surface area contributed by atoms with Gasteiger partial charge in [0.25, 0.3) is 0 Å². The summed E-state index contributed by atoms with van der Waals surface area (Å²) in [6.45, 7) is 10.2. The van der Waals surface area contributed by atoms with Gasteiger partial charge in [-0.2, -0.15) is 0 Å². The number of carbonyl (C=O) groups is 1. The summed E-state index contributed by atoms with van der Waals surface area (Å²) in [5.41, 5.74) is 7.83.